The Bertz CT molecular complexity index is 726. The molecule has 2 aromatic rings. The van der Waals surface area contributed by atoms with Crippen LogP contribution in [0.5, 0.6) is 0 Å². The minimum atomic E-state index is -0.242. The van der Waals surface area contributed by atoms with E-state index >= 15 is 0 Å². The highest BCUT2D eigenvalue weighted by atomic mass is 32.1. The second-order valence-corrected chi connectivity index (χ2v) is 7.00. The van der Waals surface area contributed by atoms with E-state index in [1.807, 2.05) is 10.3 Å². The van der Waals surface area contributed by atoms with E-state index in [2.05, 4.69) is 10.2 Å². The number of hydrogen-bond acceptors (Lipinski definition) is 4. The zero-order valence-corrected chi connectivity index (χ0v) is 15.3. The lowest BCUT2D eigenvalue weighted by Gasteiger charge is -2.36. The molecule has 1 aromatic carbocycles. The molecule has 0 atom stereocenters. The normalized spacial score (nSPS) is 14.3. The van der Waals surface area contributed by atoms with E-state index in [-0.39, 0.29) is 17.6 Å². The largest absolute Gasteiger partial charge is 0.368 e. The number of amides is 2. The van der Waals surface area contributed by atoms with Gasteiger partial charge in [0.2, 0.25) is 5.91 Å². The lowest BCUT2D eigenvalue weighted by molar-refractivity contribution is -0.131. The molecule has 0 bridgehead atoms. The standard InChI is InChI=1S/C19H22FN3O2S/c20-16-3-5-17(6-4-16)22-9-11-23(12-10-22)18(24)2-1-8-21-19(25)15-7-13-26-14-15/h3-7,13-14H,1-2,8-12H2,(H,21,25). The molecular weight excluding hydrogens is 353 g/mol. The number of anilines is 1. The van der Waals surface area contributed by atoms with Gasteiger partial charge in [-0.15, -0.1) is 0 Å². The van der Waals surface area contributed by atoms with Crippen LogP contribution in [0.3, 0.4) is 0 Å². The van der Waals surface area contributed by atoms with Crippen molar-refractivity contribution in [3.63, 3.8) is 0 Å². The Labute approximate surface area is 156 Å². The van der Waals surface area contributed by atoms with Gasteiger partial charge in [0.05, 0.1) is 0 Å². The highest BCUT2D eigenvalue weighted by Gasteiger charge is 2.21. The fourth-order valence-electron chi connectivity index (χ4n) is 2.96. The summed E-state index contributed by atoms with van der Waals surface area (Å²) < 4.78 is 13.0. The van der Waals surface area contributed by atoms with E-state index in [4.69, 9.17) is 0 Å². The minimum absolute atomic E-state index is 0.0911. The fraction of sp³-hybridized carbons (Fsp3) is 0.368. The number of halogens is 1. The van der Waals surface area contributed by atoms with E-state index in [1.54, 1.807) is 23.6 Å². The quantitative estimate of drug-likeness (QED) is 0.790. The first-order valence-electron chi connectivity index (χ1n) is 8.72. The molecule has 1 fully saturated rings. The Morgan fingerprint density at radius 3 is 2.46 bits per heavy atom. The van der Waals surface area contributed by atoms with Crippen molar-refractivity contribution in [2.45, 2.75) is 12.8 Å². The summed E-state index contributed by atoms with van der Waals surface area (Å²) in [6, 6.07) is 8.23. The van der Waals surface area contributed by atoms with Crippen LogP contribution in [-0.2, 0) is 4.79 Å². The second-order valence-electron chi connectivity index (χ2n) is 6.22. The van der Waals surface area contributed by atoms with Crippen LogP contribution in [0, 0.1) is 5.82 Å². The average Bonchev–Trinajstić information content (AvgIpc) is 3.20. The maximum atomic E-state index is 13.0. The van der Waals surface area contributed by atoms with Crippen molar-refractivity contribution in [1.82, 2.24) is 10.2 Å². The molecule has 1 aliphatic heterocycles. The van der Waals surface area contributed by atoms with Gasteiger partial charge in [0, 0.05) is 55.8 Å². The molecular formula is C19H22FN3O2S. The summed E-state index contributed by atoms with van der Waals surface area (Å²) in [5.74, 6) is -0.214. The highest BCUT2D eigenvalue weighted by molar-refractivity contribution is 7.08. The van der Waals surface area contributed by atoms with Crippen LogP contribution in [0.1, 0.15) is 23.2 Å². The van der Waals surface area contributed by atoms with E-state index in [0.717, 1.165) is 18.8 Å². The van der Waals surface area contributed by atoms with Crippen LogP contribution in [-0.4, -0.2) is 49.4 Å². The molecule has 0 saturated carbocycles. The van der Waals surface area contributed by atoms with E-state index in [0.29, 0.717) is 38.0 Å². The number of nitrogens with one attached hydrogen (secondary N) is 1. The first kappa shape index (κ1) is 18.4. The van der Waals surface area contributed by atoms with Crippen molar-refractivity contribution in [3.05, 3.63) is 52.5 Å². The molecule has 138 valence electrons. The number of hydrogen-bond donors (Lipinski definition) is 1. The van der Waals surface area contributed by atoms with Crippen molar-refractivity contribution < 1.29 is 14.0 Å². The molecule has 1 N–H and O–H groups in total. The predicted octanol–water partition coefficient (Wildman–Crippen LogP) is 2.75. The number of benzene rings is 1. The third kappa shape index (κ3) is 4.82. The van der Waals surface area contributed by atoms with Gasteiger partial charge in [-0.1, -0.05) is 0 Å². The van der Waals surface area contributed by atoms with Crippen molar-refractivity contribution in [2.75, 3.05) is 37.6 Å². The Morgan fingerprint density at radius 2 is 1.81 bits per heavy atom. The monoisotopic (exact) mass is 375 g/mol. The summed E-state index contributed by atoms with van der Waals surface area (Å²) in [7, 11) is 0. The van der Waals surface area contributed by atoms with Gasteiger partial charge in [-0.2, -0.15) is 11.3 Å². The molecule has 0 aliphatic carbocycles. The number of thiophene rings is 1. The Morgan fingerprint density at radius 1 is 1.08 bits per heavy atom. The SMILES string of the molecule is O=C(NCCCC(=O)N1CCN(c2ccc(F)cc2)CC1)c1ccsc1. The molecule has 7 heteroatoms. The molecule has 0 unspecified atom stereocenters. The Balaban J connectivity index is 1.36. The minimum Gasteiger partial charge on any atom is -0.368 e. The van der Waals surface area contributed by atoms with Gasteiger partial charge in [0.25, 0.3) is 5.91 Å². The lowest BCUT2D eigenvalue weighted by atomic mass is 10.2. The second kappa shape index (κ2) is 8.80. The van der Waals surface area contributed by atoms with Gasteiger partial charge in [-0.05, 0) is 42.1 Å². The van der Waals surface area contributed by atoms with E-state index in [1.165, 1.54) is 23.5 Å². The van der Waals surface area contributed by atoms with Crippen LogP contribution in [0.4, 0.5) is 10.1 Å². The van der Waals surface area contributed by atoms with Crippen molar-refractivity contribution in [2.24, 2.45) is 0 Å². The predicted molar refractivity (Wildman–Crippen MR) is 101 cm³/mol. The Kier molecular flexibility index (Phi) is 6.22. The molecule has 2 heterocycles. The summed E-state index contributed by atoms with van der Waals surface area (Å²) in [5.41, 5.74) is 1.65. The summed E-state index contributed by atoms with van der Waals surface area (Å²) in [6.07, 6.45) is 1.06. The Hall–Kier alpha value is -2.41. The highest BCUT2D eigenvalue weighted by Crippen LogP contribution is 2.17. The average molecular weight is 375 g/mol. The summed E-state index contributed by atoms with van der Waals surface area (Å²) in [6.45, 7) is 3.31. The molecule has 5 nitrogen and oxygen atoms in total. The molecule has 1 saturated heterocycles. The van der Waals surface area contributed by atoms with Crippen molar-refractivity contribution in [3.8, 4) is 0 Å². The van der Waals surface area contributed by atoms with Gasteiger partial charge >= 0.3 is 0 Å². The van der Waals surface area contributed by atoms with Crippen LogP contribution < -0.4 is 10.2 Å². The van der Waals surface area contributed by atoms with E-state index < -0.39 is 0 Å². The smallest absolute Gasteiger partial charge is 0.252 e. The summed E-state index contributed by atoms with van der Waals surface area (Å²) >= 11 is 1.49. The van der Waals surface area contributed by atoms with Crippen LogP contribution >= 0.6 is 11.3 Å². The van der Waals surface area contributed by atoms with Crippen LogP contribution in [0.15, 0.2) is 41.1 Å². The molecule has 1 aliphatic rings. The van der Waals surface area contributed by atoms with Gasteiger partial charge in [-0.3, -0.25) is 9.59 Å². The molecule has 0 spiro atoms. The van der Waals surface area contributed by atoms with E-state index in [9.17, 15) is 14.0 Å². The molecule has 26 heavy (non-hydrogen) atoms. The first-order chi connectivity index (χ1) is 12.6. The number of piperazine rings is 1. The number of nitrogens with zero attached hydrogens (tertiary/aromatic N) is 2. The number of carbonyl (C=O) groups excluding carboxylic acids is 2. The topological polar surface area (TPSA) is 52.7 Å². The van der Waals surface area contributed by atoms with Crippen molar-refractivity contribution >= 4 is 28.8 Å². The third-order valence-electron chi connectivity index (χ3n) is 4.46. The first-order valence-corrected chi connectivity index (χ1v) is 9.66. The van der Waals surface area contributed by atoms with Gasteiger partial charge < -0.3 is 15.1 Å². The summed E-state index contributed by atoms with van der Waals surface area (Å²) in [5, 5.41) is 6.51. The third-order valence-corrected chi connectivity index (χ3v) is 5.14. The molecule has 2 amide bonds. The zero-order chi connectivity index (χ0) is 18.4. The molecule has 0 radical (unpaired) electrons. The van der Waals surface area contributed by atoms with Crippen LogP contribution in [0.2, 0.25) is 0 Å². The lowest BCUT2D eigenvalue weighted by Crippen LogP contribution is -2.48. The maximum Gasteiger partial charge on any atom is 0.252 e. The fourth-order valence-corrected chi connectivity index (χ4v) is 3.60. The maximum absolute atomic E-state index is 13.0. The van der Waals surface area contributed by atoms with Crippen LogP contribution in [0.25, 0.3) is 0 Å². The number of rotatable bonds is 6. The number of carbonyl (C=O) groups is 2. The van der Waals surface area contributed by atoms with Crippen molar-refractivity contribution in [1.29, 1.82) is 0 Å². The summed E-state index contributed by atoms with van der Waals surface area (Å²) in [4.78, 5) is 28.1. The van der Waals surface area contributed by atoms with Gasteiger partial charge in [-0.25, -0.2) is 4.39 Å². The van der Waals surface area contributed by atoms with Gasteiger partial charge in [0.15, 0.2) is 0 Å². The van der Waals surface area contributed by atoms with Gasteiger partial charge in [0.1, 0.15) is 5.82 Å². The molecule has 1 aromatic heterocycles. The zero-order valence-electron chi connectivity index (χ0n) is 14.5. The molecule has 3 rings (SSSR count).